The van der Waals surface area contributed by atoms with Gasteiger partial charge in [0.2, 0.25) is 0 Å². The van der Waals surface area contributed by atoms with Gasteiger partial charge in [-0.25, -0.2) is 0 Å². The minimum Gasteiger partial charge on any atom is -0.354 e. The highest BCUT2D eigenvalue weighted by molar-refractivity contribution is 5.85. The van der Waals surface area contributed by atoms with Gasteiger partial charge in [0.15, 0.2) is 0 Å². The summed E-state index contributed by atoms with van der Waals surface area (Å²) in [6, 6.07) is 4.17. The first kappa shape index (κ1) is 18.5. The van der Waals surface area contributed by atoms with Crippen molar-refractivity contribution in [3.63, 3.8) is 0 Å². The highest BCUT2D eigenvalue weighted by Gasteiger charge is 2.13. The average molecular weight is 287 g/mol. The second-order valence-corrected chi connectivity index (χ2v) is 5.30. The highest BCUT2D eigenvalue weighted by atomic mass is 35.5. The number of nitrogens with one attached hydrogen (secondary N) is 1. The molecule has 1 atom stereocenters. The predicted octanol–water partition coefficient (Wildman–Crippen LogP) is 4.50. The first-order chi connectivity index (χ1) is 8.86. The summed E-state index contributed by atoms with van der Waals surface area (Å²) in [4.78, 5) is 0. The van der Waals surface area contributed by atoms with Gasteiger partial charge < -0.3 is 9.88 Å². The van der Waals surface area contributed by atoms with Crippen LogP contribution in [0.4, 0.5) is 0 Å². The second kappa shape index (κ2) is 12.6. The van der Waals surface area contributed by atoms with Crippen molar-refractivity contribution in [2.45, 2.75) is 58.9 Å². The fourth-order valence-electron chi connectivity index (χ4n) is 2.34. The van der Waals surface area contributed by atoms with E-state index in [1.54, 1.807) is 0 Å². The van der Waals surface area contributed by atoms with E-state index in [-0.39, 0.29) is 12.4 Å². The van der Waals surface area contributed by atoms with Crippen LogP contribution in [0, 0.1) is 5.92 Å². The van der Waals surface area contributed by atoms with E-state index >= 15 is 0 Å². The van der Waals surface area contributed by atoms with Gasteiger partial charge in [0.25, 0.3) is 0 Å². The average Bonchev–Trinajstić information content (AvgIpc) is 3.05. The Bertz CT molecular complexity index is 262. The van der Waals surface area contributed by atoms with Crippen LogP contribution in [-0.4, -0.2) is 17.7 Å². The molecule has 0 aromatic carbocycles. The van der Waals surface area contributed by atoms with Crippen LogP contribution in [0.2, 0.25) is 0 Å². The molecule has 112 valence electrons. The molecule has 0 bridgehead atoms. The fraction of sp³-hybridized carbons (Fsp3) is 0.750. The molecule has 2 heterocycles. The lowest BCUT2D eigenvalue weighted by Gasteiger charge is -2.08. The van der Waals surface area contributed by atoms with Gasteiger partial charge in [-0.2, -0.15) is 0 Å². The summed E-state index contributed by atoms with van der Waals surface area (Å²) in [5.74, 6) is 0.849. The molecule has 1 aromatic rings. The molecular weight excluding hydrogens is 256 g/mol. The van der Waals surface area contributed by atoms with Crippen molar-refractivity contribution in [1.82, 2.24) is 9.88 Å². The third-order valence-corrected chi connectivity index (χ3v) is 3.50. The molecule has 0 saturated carbocycles. The van der Waals surface area contributed by atoms with Crippen molar-refractivity contribution in [1.29, 1.82) is 0 Å². The lowest BCUT2D eigenvalue weighted by atomic mass is 10.1. The molecule has 1 N–H and O–H groups in total. The standard InChI is InChI=1S/C9H14N2.C7H16.ClH/c1-2-6-11(5-1)8-9-3-4-10-7-9;1-3-5-7-6-4-2;/h1-2,5-6,9-10H,3-4,7-8H2;3-7H2,1-2H3;1H/t9-;;/m1../s1. The van der Waals surface area contributed by atoms with E-state index in [2.05, 4.69) is 48.3 Å². The van der Waals surface area contributed by atoms with E-state index in [1.807, 2.05) is 0 Å². The Hall–Kier alpha value is -0.470. The number of halogens is 1. The normalized spacial score (nSPS) is 17.5. The van der Waals surface area contributed by atoms with Crippen LogP contribution < -0.4 is 5.32 Å². The van der Waals surface area contributed by atoms with Crippen LogP contribution in [0.3, 0.4) is 0 Å². The summed E-state index contributed by atoms with van der Waals surface area (Å²) in [6.07, 6.45) is 12.6. The zero-order chi connectivity index (χ0) is 13.1. The van der Waals surface area contributed by atoms with Crippen molar-refractivity contribution >= 4 is 12.4 Å². The maximum Gasteiger partial charge on any atom is 0.0260 e. The van der Waals surface area contributed by atoms with Crippen LogP contribution in [0.25, 0.3) is 0 Å². The summed E-state index contributed by atoms with van der Waals surface area (Å²) in [6.45, 7) is 8.06. The van der Waals surface area contributed by atoms with E-state index in [4.69, 9.17) is 0 Å². The third-order valence-electron chi connectivity index (χ3n) is 3.50. The molecule has 1 aromatic heterocycles. The number of aromatic nitrogens is 1. The molecule has 1 saturated heterocycles. The van der Waals surface area contributed by atoms with Crippen molar-refractivity contribution in [3.8, 4) is 0 Å². The van der Waals surface area contributed by atoms with Crippen LogP contribution in [-0.2, 0) is 6.54 Å². The van der Waals surface area contributed by atoms with E-state index in [0.29, 0.717) is 0 Å². The number of unbranched alkanes of at least 4 members (excludes halogenated alkanes) is 4. The van der Waals surface area contributed by atoms with Gasteiger partial charge in [-0.1, -0.05) is 46.0 Å². The Balaban J connectivity index is 0.000000360. The molecule has 1 aliphatic heterocycles. The number of nitrogens with zero attached hydrogens (tertiary/aromatic N) is 1. The Morgan fingerprint density at radius 2 is 1.68 bits per heavy atom. The Morgan fingerprint density at radius 3 is 2.16 bits per heavy atom. The summed E-state index contributed by atoms with van der Waals surface area (Å²) in [7, 11) is 0. The van der Waals surface area contributed by atoms with Gasteiger partial charge in [-0.3, -0.25) is 0 Å². The maximum atomic E-state index is 3.37. The SMILES string of the molecule is CCCCCCC.Cl.c1ccn(C[C@@H]2CCNC2)c1. The van der Waals surface area contributed by atoms with E-state index in [1.165, 1.54) is 58.2 Å². The molecular formula is C16H31ClN2. The molecule has 0 spiro atoms. The van der Waals surface area contributed by atoms with Gasteiger partial charge in [0, 0.05) is 18.9 Å². The van der Waals surface area contributed by atoms with Crippen molar-refractivity contribution in [2.24, 2.45) is 5.92 Å². The summed E-state index contributed by atoms with van der Waals surface area (Å²) in [5, 5.41) is 3.37. The third kappa shape index (κ3) is 9.12. The Kier molecular flexibility index (Phi) is 12.2. The van der Waals surface area contributed by atoms with E-state index < -0.39 is 0 Å². The van der Waals surface area contributed by atoms with Crippen LogP contribution in [0.15, 0.2) is 24.5 Å². The molecule has 1 aliphatic rings. The van der Waals surface area contributed by atoms with Gasteiger partial charge in [0.05, 0.1) is 0 Å². The molecule has 19 heavy (non-hydrogen) atoms. The van der Waals surface area contributed by atoms with Gasteiger partial charge in [0.1, 0.15) is 0 Å². The summed E-state index contributed by atoms with van der Waals surface area (Å²) in [5.41, 5.74) is 0. The topological polar surface area (TPSA) is 17.0 Å². The molecule has 3 heteroatoms. The van der Waals surface area contributed by atoms with E-state index in [0.717, 1.165) is 5.92 Å². The lowest BCUT2D eigenvalue weighted by Crippen LogP contribution is -2.13. The number of hydrogen-bond donors (Lipinski definition) is 1. The fourth-order valence-corrected chi connectivity index (χ4v) is 2.34. The van der Waals surface area contributed by atoms with Crippen LogP contribution in [0.1, 0.15) is 52.4 Å². The molecule has 2 rings (SSSR count). The largest absolute Gasteiger partial charge is 0.354 e. The summed E-state index contributed by atoms with van der Waals surface area (Å²) >= 11 is 0. The van der Waals surface area contributed by atoms with Crippen LogP contribution >= 0.6 is 12.4 Å². The Labute approximate surface area is 125 Å². The molecule has 0 unspecified atom stereocenters. The molecule has 0 radical (unpaired) electrons. The van der Waals surface area contributed by atoms with Gasteiger partial charge in [-0.05, 0) is 37.6 Å². The van der Waals surface area contributed by atoms with Gasteiger partial charge in [-0.15, -0.1) is 12.4 Å². The van der Waals surface area contributed by atoms with E-state index in [9.17, 15) is 0 Å². The number of hydrogen-bond acceptors (Lipinski definition) is 1. The van der Waals surface area contributed by atoms with Gasteiger partial charge >= 0.3 is 0 Å². The predicted molar refractivity (Wildman–Crippen MR) is 87.1 cm³/mol. The molecule has 0 aliphatic carbocycles. The monoisotopic (exact) mass is 286 g/mol. The molecule has 2 nitrogen and oxygen atoms in total. The minimum absolute atomic E-state index is 0. The summed E-state index contributed by atoms with van der Waals surface area (Å²) < 4.78 is 2.26. The maximum absolute atomic E-state index is 3.37. The first-order valence-corrected chi connectivity index (χ1v) is 7.68. The lowest BCUT2D eigenvalue weighted by molar-refractivity contribution is 0.483. The minimum atomic E-state index is 0. The molecule has 1 fully saturated rings. The Morgan fingerprint density at radius 1 is 1.05 bits per heavy atom. The highest BCUT2D eigenvalue weighted by Crippen LogP contribution is 2.10. The molecule has 0 amide bonds. The van der Waals surface area contributed by atoms with Crippen LogP contribution in [0.5, 0.6) is 0 Å². The van der Waals surface area contributed by atoms with Crippen molar-refractivity contribution < 1.29 is 0 Å². The number of rotatable bonds is 6. The van der Waals surface area contributed by atoms with Crippen molar-refractivity contribution in [3.05, 3.63) is 24.5 Å². The first-order valence-electron chi connectivity index (χ1n) is 7.68. The smallest absolute Gasteiger partial charge is 0.0260 e. The zero-order valence-electron chi connectivity index (χ0n) is 12.6. The zero-order valence-corrected chi connectivity index (χ0v) is 13.4. The second-order valence-electron chi connectivity index (χ2n) is 5.30. The van der Waals surface area contributed by atoms with Crippen molar-refractivity contribution in [2.75, 3.05) is 13.1 Å². The quantitative estimate of drug-likeness (QED) is 0.762.